The van der Waals surface area contributed by atoms with E-state index < -0.39 is 5.97 Å². The summed E-state index contributed by atoms with van der Waals surface area (Å²) in [6, 6.07) is 0. The van der Waals surface area contributed by atoms with E-state index in [0.29, 0.717) is 12.1 Å². The maximum absolute atomic E-state index is 10.7. The summed E-state index contributed by atoms with van der Waals surface area (Å²) in [7, 11) is 0. The Bertz CT molecular complexity index is 366. The molecule has 4 heteroatoms. The average molecular weight is 215 g/mol. The Kier molecular flexibility index (Phi) is 4.34. The zero-order valence-corrected chi connectivity index (χ0v) is 6.97. The normalized spacial score (nSPS) is 17.9. The van der Waals surface area contributed by atoms with Crippen molar-refractivity contribution in [2.75, 3.05) is 6.54 Å². The van der Waals surface area contributed by atoms with E-state index in [2.05, 4.69) is 0 Å². The average Bonchev–Trinajstić information content (AvgIpc) is 2.17. The molecule has 1 N–H and O–H groups in total. The van der Waals surface area contributed by atoms with Crippen molar-refractivity contribution in [2.24, 2.45) is 0 Å². The summed E-state index contributed by atoms with van der Waals surface area (Å²) in [5.74, 6) is -0.866. The summed E-state index contributed by atoms with van der Waals surface area (Å²) in [4.78, 5) is 12.6. The number of rotatable bonds is 1. The predicted octanol–water partition coefficient (Wildman–Crippen LogP) is 0.632. The second-order valence-electron chi connectivity index (χ2n) is 2.89. The summed E-state index contributed by atoms with van der Waals surface area (Å²) in [5, 5.41) is 8.76. The van der Waals surface area contributed by atoms with Crippen LogP contribution in [0, 0.1) is 0 Å². The SMILES string of the molecule is O=C(O)C1=CCN2C=CC=CC2=C1.[KH]. The molecule has 0 aromatic heterocycles. The predicted molar refractivity (Wildman–Crippen MR) is 55.9 cm³/mol. The fourth-order valence-electron chi connectivity index (χ4n) is 1.35. The van der Waals surface area contributed by atoms with Crippen molar-refractivity contribution in [1.29, 1.82) is 0 Å². The quantitative estimate of drug-likeness (QED) is 0.652. The maximum atomic E-state index is 10.7. The molecule has 0 aromatic rings. The first-order chi connectivity index (χ1) is 6.27. The van der Waals surface area contributed by atoms with Crippen LogP contribution in [0.25, 0.3) is 0 Å². The standard InChI is InChI=1S/C10H9NO2.K.H/c12-10(13)8-4-6-11-5-2-1-3-9(11)7-8;;/h1-5,7H,6H2,(H,12,13);;. The minimum absolute atomic E-state index is 0. The van der Waals surface area contributed by atoms with Gasteiger partial charge in [-0.3, -0.25) is 0 Å². The zero-order valence-electron chi connectivity index (χ0n) is 6.97. The number of hydrogen-bond acceptors (Lipinski definition) is 2. The number of nitrogens with zero attached hydrogens (tertiary/aromatic N) is 1. The summed E-state index contributed by atoms with van der Waals surface area (Å²) in [6.07, 6.45) is 11.0. The molecule has 0 aliphatic carbocycles. The van der Waals surface area contributed by atoms with E-state index in [0.717, 1.165) is 5.70 Å². The molecule has 0 atom stereocenters. The van der Waals surface area contributed by atoms with Crippen LogP contribution in [0.1, 0.15) is 0 Å². The van der Waals surface area contributed by atoms with Gasteiger partial charge in [-0.15, -0.1) is 0 Å². The Balaban J connectivity index is 0.000000980. The summed E-state index contributed by atoms with van der Waals surface area (Å²) >= 11 is 0. The molecule has 68 valence electrons. The van der Waals surface area contributed by atoms with Crippen LogP contribution in [-0.4, -0.2) is 73.9 Å². The van der Waals surface area contributed by atoms with Gasteiger partial charge in [-0.25, -0.2) is 4.79 Å². The topological polar surface area (TPSA) is 40.5 Å². The summed E-state index contributed by atoms with van der Waals surface area (Å²) < 4.78 is 0. The van der Waals surface area contributed by atoms with Gasteiger partial charge in [-0.1, -0.05) is 12.2 Å². The van der Waals surface area contributed by atoms with Gasteiger partial charge in [0.2, 0.25) is 0 Å². The van der Waals surface area contributed by atoms with Gasteiger partial charge in [0, 0.05) is 18.4 Å². The van der Waals surface area contributed by atoms with Crippen LogP contribution in [0.15, 0.2) is 47.9 Å². The third-order valence-electron chi connectivity index (χ3n) is 2.03. The fourth-order valence-corrected chi connectivity index (χ4v) is 1.35. The van der Waals surface area contributed by atoms with Crippen molar-refractivity contribution in [3.05, 3.63) is 47.9 Å². The van der Waals surface area contributed by atoms with Crippen molar-refractivity contribution in [1.82, 2.24) is 4.90 Å². The van der Waals surface area contributed by atoms with Crippen LogP contribution in [0.2, 0.25) is 0 Å². The Hall–Kier alpha value is -0.134. The number of carbonyl (C=O) groups is 1. The van der Waals surface area contributed by atoms with Gasteiger partial charge in [0.05, 0.1) is 5.57 Å². The van der Waals surface area contributed by atoms with E-state index in [9.17, 15) is 4.79 Å². The van der Waals surface area contributed by atoms with Crippen molar-refractivity contribution < 1.29 is 9.90 Å². The van der Waals surface area contributed by atoms with E-state index in [4.69, 9.17) is 5.11 Å². The van der Waals surface area contributed by atoms with Crippen LogP contribution in [-0.2, 0) is 4.79 Å². The molecule has 0 bridgehead atoms. The van der Waals surface area contributed by atoms with E-state index in [1.165, 1.54) is 0 Å². The van der Waals surface area contributed by atoms with Gasteiger partial charge in [-0.2, -0.15) is 0 Å². The second-order valence-corrected chi connectivity index (χ2v) is 2.89. The van der Waals surface area contributed by atoms with E-state index in [1.54, 1.807) is 12.2 Å². The summed E-state index contributed by atoms with van der Waals surface area (Å²) in [6.45, 7) is 0.633. The second kappa shape index (κ2) is 5.09. The van der Waals surface area contributed by atoms with Crippen molar-refractivity contribution in [2.45, 2.75) is 0 Å². The van der Waals surface area contributed by atoms with Crippen molar-refractivity contribution in [3.8, 4) is 0 Å². The fraction of sp³-hybridized carbons (Fsp3) is 0.100. The number of fused-ring (bicyclic) bond motifs is 1. The van der Waals surface area contributed by atoms with E-state index >= 15 is 0 Å². The first-order valence-corrected chi connectivity index (χ1v) is 4.04. The molecule has 0 aromatic carbocycles. The number of carboxylic acids is 1. The molecule has 0 radical (unpaired) electrons. The van der Waals surface area contributed by atoms with E-state index in [1.807, 2.05) is 29.3 Å². The van der Waals surface area contributed by atoms with Gasteiger partial charge in [0.25, 0.3) is 0 Å². The van der Waals surface area contributed by atoms with Crippen LogP contribution in [0.5, 0.6) is 0 Å². The first-order valence-electron chi connectivity index (χ1n) is 4.04. The Labute approximate surface area is 125 Å². The molecule has 0 fully saturated rings. The molecule has 2 heterocycles. The Morgan fingerprint density at radius 2 is 2.21 bits per heavy atom. The molecule has 2 rings (SSSR count). The van der Waals surface area contributed by atoms with Crippen LogP contribution >= 0.6 is 0 Å². The van der Waals surface area contributed by atoms with E-state index in [-0.39, 0.29) is 51.4 Å². The molecule has 2 aliphatic heterocycles. The van der Waals surface area contributed by atoms with Gasteiger partial charge in [0.15, 0.2) is 0 Å². The zero-order chi connectivity index (χ0) is 9.26. The molecule has 0 saturated heterocycles. The molecule has 0 unspecified atom stereocenters. The van der Waals surface area contributed by atoms with Gasteiger partial charge < -0.3 is 10.0 Å². The number of hydrogen-bond donors (Lipinski definition) is 1. The van der Waals surface area contributed by atoms with Gasteiger partial charge in [-0.05, 0) is 18.2 Å². The third kappa shape index (κ3) is 2.46. The Morgan fingerprint density at radius 1 is 1.43 bits per heavy atom. The molecule has 0 saturated carbocycles. The van der Waals surface area contributed by atoms with Gasteiger partial charge in [0.1, 0.15) is 0 Å². The number of carboxylic acid groups (broad SMARTS) is 1. The van der Waals surface area contributed by atoms with Crippen molar-refractivity contribution >= 4 is 57.4 Å². The summed E-state index contributed by atoms with van der Waals surface area (Å²) in [5.41, 5.74) is 1.30. The van der Waals surface area contributed by atoms with Crippen LogP contribution < -0.4 is 0 Å². The Morgan fingerprint density at radius 3 is 2.93 bits per heavy atom. The molecular formula is C10H10KNO2. The molecule has 0 spiro atoms. The van der Waals surface area contributed by atoms with Crippen molar-refractivity contribution in [3.63, 3.8) is 0 Å². The van der Waals surface area contributed by atoms with Crippen LogP contribution in [0.4, 0.5) is 0 Å². The number of aliphatic carboxylic acids is 1. The molecular weight excluding hydrogens is 205 g/mol. The first kappa shape index (κ1) is 11.9. The third-order valence-corrected chi connectivity index (χ3v) is 2.03. The van der Waals surface area contributed by atoms with Gasteiger partial charge >= 0.3 is 57.4 Å². The molecule has 14 heavy (non-hydrogen) atoms. The minimum atomic E-state index is -0.866. The molecule has 3 nitrogen and oxygen atoms in total. The molecule has 2 aliphatic rings. The molecule has 0 amide bonds. The number of allylic oxidation sites excluding steroid dienone is 3. The monoisotopic (exact) mass is 215 g/mol. The van der Waals surface area contributed by atoms with Crippen LogP contribution in [0.3, 0.4) is 0 Å².